The molecule has 5 nitrogen and oxygen atoms in total. The maximum atomic E-state index is 6.01. The van der Waals surface area contributed by atoms with Crippen molar-refractivity contribution in [3.8, 4) is 10.8 Å². The van der Waals surface area contributed by atoms with Gasteiger partial charge in [-0.05, 0) is 38.3 Å². The van der Waals surface area contributed by atoms with Gasteiger partial charge < -0.3 is 15.0 Å². The molecule has 0 spiro atoms. The molecule has 19 heavy (non-hydrogen) atoms. The van der Waals surface area contributed by atoms with Crippen LogP contribution in [0.25, 0.3) is 10.8 Å². The molecule has 102 valence electrons. The average Bonchev–Trinajstić information content (AvgIpc) is 2.94. The van der Waals surface area contributed by atoms with Gasteiger partial charge >= 0.3 is 0 Å². The summed E-state index contributed by atoms with van der Waals surface area (Å²) in [7, 11) is 0. The van der Waals surface area contributed by atoms with Gasteiger partial charge in [-0.3, -0.25) is 0 Å². The lowest BCUT2D eigenvalue weighted by atomic mass is 9.96. The zero-order chi connectivity index (χ0) is 13.2. The molecular formula is C13H17N3O2S. The minimum absolute atomic E-state index is 0.320. The Kier molecular flexibility index (Phi) is 3.63. The highest BCUT2D eigenvalue weighted by atomic mass is 32.1. The molecule has 2 N–H and O–H groups in total. The molecule has 1 saturated carbocycles. The van der Waals surface area contributed by atoms with Gasteiger partial charge in [-0.15, -0.1) is 11.3 Å². The van der Waals surface area contributed by atoms with Crippen molar-refractivity contribution < 1.29 is 9.26 Å². The van der Waals surface area contributed by atoms with Crippen LogP contribution in [0.1, 0.15) is 36.0 Å². The van der Waals surface area contributed by atoms with E-state index in [0.29, 0.717) is 24.4 Å². The van der Waals surface area contributed by atoms with Crippen molar-refractivity contribution in [1.29, 1.82) is 0 Å². The highest BCUT2D eigenvalue weighted by Gasteiger charge is 2.21. The summed E-state index contributed by atoms with van der Waals surface area (Å²) >= 11 is 1.63. The van der Waals surface area contributed by atoms with Crippen LogP contribution in [0.15, 0.2) is 16.7 Å². The van der Waals surface area contributed by atoms with E-state index in [2.05, 4.69) is 10.1 Å². The molecule has 1 aliphatic carbocycles. The second kappa shape index (κ2) is 5.40. The average molecular weight is 279 g/mol. The van der Waals surface area contributed by atoms with Crippen molar-refractivity contribution in [2.75, 3.05) is 6.61 Å². The Morgan fingerprint density at radius 2 is 2.37 bits per heavy atom. The number of aromatic nitrogens is 2. The summed E-state index contributed by atoms with van der Waals surface area (Å²) in [5, 5.41) is 3.94. The molecule has 0 radical (unpaired) electrons. The van der Waals surface area contributed by atoms with Crippen LogP contribution in [0, 0.1) is 6.92 Å². The van der Waals surface area contributed by atoms with Gasteiger partial charge in [-0.1, -0.05) is 5.16 Å². The number of thiophene rings is 1. The van der Waals surface area contributed by atoms with Crippen LogP contribution >= 0.6 is 11.3 Å². The lowest BCUT2D eigenvalue weighted by Crippen LogP contribution is -2.27. The summed E-state index contributed by atoms with van der Waals surface area (Å²) in [5.41, 5.74) is 6.01. The first-order valence-corrected chi connectivity index (χ1v) is 7.31. The van der Waals surface area contributed by atoms with E-state index < -0.39 is 0 Å². The fraction of sp³-hybridized carbons (Fsp3) is 0.538. The zero-order valence-electron chi connectivity index (χ0n) is 10.8. The summed E-state index contributed by atoms with van der Waals surface area (Å²) in [4.78, 5) is 6.53. The van der Waals surface area contributed by atoms with Crippen molar-refractivity contribution in [2.24, 2.45) is 5.73 Å². The highest BCUT2D eigenvalue weighted by Crippen LogP contribution is 2.27. The van der Waals surface area contributed by atoms with Crippen molar-refractivity contribution >= 4 is 11.3 Å². The van der Waals surface area contributed by atoms with Crippen LogP contribution in [-0.4, -0.2) is 22.9 Å². The fourth-order valence-corrected chi connectivity index (χ4v) is 2.68. The molecule has 2 aromatic rings. The van der Waals surface area contributed by atoms with E-state index in [1.807, 2.05) is 19.1 Å². The maximum absolute atomic E-state index is 6.01. The largest absolute Gasteiger partial charge is 0.376 e. The van der Waals surface area contributed by atoms with Crippen LogP contribution in [0.3, 0.4) is 0 Å². The zero-order valence-corrected chi connectivity index (χ0v) is 11.7. The Balaban J connectivity index is 1.63. The number of nitrogens with two attached hydrogens (primary N) is 1. The van der Waals surface area contributed by atoms with Gasteiger partial charge in [0, 0.05) is 4.88 Å². The third kappa shape index (κ3) is 2.86. The second-order valence-electron chi connectivity index (χ2n) is 4.86. The Morgan fingerprint density at radius 1 is 1.53 bits per heavy atom. The number of rotatable bonds is 5. The minimum Gasteiger partial charge on any atom is -0.376 e. The van der Waals surface area contributed by atoms with Crippen molar-refractivity contribution in [1.82, 2.24) is 10.1 Å². The van der Waals surface area contributed by atoms with E-state index in [4.69, 9.17) is 15.0 Å². The Hall–Kier alpha value is -1.24. The molecule has 0 aliphatic heterocycles. The van der Waals surface area contributed by atoms with E-state index in [0.717, 1.165) is 17.7 Å². The van der Waals surface area contributed by atoms with E-state index in [9.17, 15) is 0 Å². The molecule has 1 atom stereocenters. The first-order chi connectivity index (χ1) is 9.22. The van der Waals surface area contributed by atoms with E-state index in [1.165, 1.54) is 11.3 Å². The van der Waals surface area contributed by atoms with Crippen molar-refractivity contribution in [2.45, 2.75) is 38.3 Å². The van der Waals surface area contributed by atoms with Crippen LogP contribution in [0.2, 0.25) is 0 Å². The Bertz CT molecular complexity index is 548. The standard InChI is InChI=1S/C13H17N3O2S/c1-8-5-6-11(19-8)13-15-12(16-18-13)10(14)7-17-9-3-2-4-9/h5-6,9-10H,2-4,7,14H2,1H3. The predicted octanol–water partition coefficient (Wildman–Crippen LogP) is 2.68. The first kappa shape index (κ1) is 12.8. The molecule has 3 rings (SSSR count). The number of nitrogens with zero attached hydrogens (tertiary/aromatic N) is 2. The molecule has 0 aromatic carbocycles. The van der Waals surface area contributed by atoms with Crippen LogP contribution in [0.5, 0.6) is 0 Å². The van der Waals surface area contributed by atoms with E-state index in [-0.39, 0.29) is 6.04 Å². The third-order valence-corrected chi connectivity index (χ3v) is 4.28. The number of hydrogen-bond acceptors (Lipinski definition) is 6. The van der Waals surface area contributed by atoms with Crippen LogP contribution in [0.4, 0.5) is 0 Å². The molecule has 6 heteroatoms. The molecule has 1 unspecified atom stereocenters. The van der Waals surface area contributed by atoms with Gasteiger partial charge in [0.1, 0.15) is 0 Å². The molecular weight excluding hydrogens is 262 g/mol. The summed E-state index contributed by atoms with van der Waals surface area (Å²) in [6, 6.07) is 3.69. The predicted molar refractivity (Wildman–Crippen MR) is 72.9 cm³/mol. The number of aryl methyl sites for hydroxylation is 1. The van der Waals surface area contributed by atoms with E-state index >= 15 is 0 Å². The van der Waals surface area contributed by atoms with Crippen molar-refractivity contribution in [3.05, 3.63) is 22.8 Å². The fourth-order valence-electron chi connectivity index (χ4n) is 1.89. The van der Waals surface area contributed by atoms with Gasteiger partial charge in [-0.25, -0.2) is 0 Å². The smallest absolute Gasteiger partial charge is 0.268 e. The third-order valence-electron chi connectivity index (χ3n) is 3.29. The molecule has 2 aromatic heterocycles. The summed E-state index contributed by atoms with van der Waals surface area (Å²) in [6.07, 6.45) is 3.90. The summed E-state index contributed by atoms with van der Waals surface area (Å²) in [6.45, 7) is 2.50. The second-order valence-corrected chi connectivity index (χ2v) is 6.15. The maximum Gasteiger partial charge on any atom is 0.268 e. The number of hydrogen-bond donors (Lipinski definition) is 1. The highest BCUT2D eigenvalue weighted by molar-refractivity contribution is 7.15. The number of ether oxygens (including phenoxy) is 1. The topological polar surface area (TPSA) is 74.2 Å². The van der Waals surface area contributed by atoms with Crippen molar-refractivity contribution in [3.63, 3.8) is 0 Å². The quantitative estimate of drug-likeness (QED) is 0.910. The van der Waals surface area contributed by atoms with Crippen LogP contribution in [-0.2, 0) is 4.74 Å². The SMILES string of the molecule is Cc1ccc(-c2nc(C(N)COC3CCC3)no2)s1. The minimum atomic E-state index is -0.320. The Morgan fingerprint density at radius 3 is 3.00 bits per heavy atom. The molecule has 1 fully saturated rings. The molecule has 0 bridgehead atoms. The van der Waals surface area contributed by atoms with E-state index in [1.54, 1.807) is 11.3 Å². The lowest BCUT2D eigenvalue weighted by molar-refractivity contribution is -0.00549. The van der Waals surface area contributed by atoms with Gasteiger partial charge in [0.05, 0.1) is 23.6 Å². The van der Waals surface area contributed by atoms with Gasteiger partial charge in [0.25, 0.3) is 5.89 Å². The molecule has 0 saturated heterocycles. The normalized spacial score (nSPS) is 17.4. The molecule has 0 amide bonds. The lowest BCUT2D eigenvalue weighted by Gasteiger charge is -2.26. The monoisotopic (exact) mass is 279 g/mol. The Labute approximate surface area is 115 Å². The first-order valence-electron chi connectivity index (χ1n) is 6.50. The van der Waals surface area contributed by atoms with Crippen LogP contribution < -0.4 is 5.73 Å². The summed E-state index contributed by atoms with van der Waals surface area (Å²) in [5.74, 6) is 1.05. The van der Waals surface area contributed by atoms with Gasteiger partial charge in [0.2, 0.25) is 0 Å². The molecule has 1 aliphatic rings. The summed E-state index contributed by atoms with van der Waals surface area (Å²) < 4.78 is 10.9. The van der Waals surface area contributed by atoms with Gasteiger partial charge in [0.15, 0.2) is 5.82 Å². The molecule has 2 heterocycles. The van der Waals surface area contributed by atoms with Gasteiger partial charge in [-0.2, -0.15) is 4.98 Å².